The van der Waals surface area contributed by atoms with Crippen molar-refractivity contribution in [3.05, 3.63) is 71.2 Å². The van der Waals surface area contributed by atoms with Crippen LogP contribution in [0.15, 0.2) is 48.7 Å². The van der Waals surface area contributed by atoms with E-state index in [1.165, 1.54) is 16.7 Å². The van der Waals surface area contributed by atoms with E-state index in [-0.39, 0.29) is 0 Å². The van der Waals surface area contributed by atoms with Crippen LogP contribution in [-0.2, 0) is 6.42 Å². The maximum Gasteiger partial charge on any atom is 0.113 e. The van der Waals surface area contributed by atoms with E-state index in [0.717, 1.165) is 29.9 Å². The first-order valence-electron chi connectivity index (χ1n) is 7.75. The molecule has 3 heteroatoms. The number of benzene rings is 1. The van der Waals surface area contributed by atoms with E-state index in [0.29, 0.717) is 0 Å². The van der Waals surface area contributed by atoms with E-state index in [1.807, 2.05) is 18.2 Å². The molecule has 0 fully saturated rings. The van der Waals surface area contributed by atoms with Gasteiger partial charge in [0.2, 0.25) is 0 Å². The molecule has 0 unspecified atom stereocenters. The minimum atomic E-state index is 0.783. The molecule has 0 bridgehead atoms. The van der Waals surface area contributed by atoms with Crippen molar-refractivity contribution < 1.29 is 0 Å². The molecule has 23 heavy (non-hydrogen) atoms. The predicted octanol–water partition coefficient (Wildman–Crippen LogP) is 4.07. The third-order valence-corrected chi connectivity index (χ3v) is 3.91. The Kier molecular flexibility index (Phi) is 4.54. The van der Waals surface area contributed by atoms with Gasteiger partial charge < -0.3 is 0 Å². The molecule has 1 aromatic carbocycles. The van der Waals surface area contributed by atoms with Gasteiger partial charge in [-0.05, 0) is 49.1 Å². The van der Waals surface area contributed by atoms with Crippen LogP contribution in [0.4, 0.5) is 0 Å². The van der Waals surface area contributed by atoms with Crippen LogP contribution in [0.2, 0.25) is 0 Å². The standard InChI is InChI=1S/C20H19N3/c1-15-8-7-12-19(16(15)2)20-14-18(22-23-20)11-4-3-9-17-10-5-6-13-21-17/h5-8,10,12-14H,4,11H2,1-2H3,(H,22,23). The molecule has 0 saturated carbocycles. The molecule has 0 radical (unpaired) electrons. The number of nitrogens with one attached hydrogen (secondary N) is 1. The molecule has 1 N–H and O–H groups in total. The van der Waals surface area contributed by atoms with Crippen molar-refractivity contribution in [2.24, 2.45) is 0 Å². The van der Waals surface area contributed by atoms with E-state index < -0.39 is 0 Å². The second kappa shape index (κ2) is 6.93. The second-order valence-corrected chi connectivity index (χ2v) is 5.54. The van der Waals surface area contributed by atoms with Crippen LogP contribution in [0.3, 0.4) is 0 Å². The van der Waals surface area contributed by atoms with Gasteiger partial charge in [-0.15, -0.1) is 0 Å². The largest absolute Gasteiger partial charge is 0.282 e. The van der Waals surface area contributed by atoms with E-state index >= 15 is 0 Å². The number of nitrogens with zero attached hydrogens (tertiary/aromatic N) is 2. The molecule has 3 aromatic rings. The lowest BCUT2D eigenvalue weighted by Crippen LogP contribution is -1.86. The van der Waals surface area contributed by atoms with Crippen LogP contribution in [0.1, 0.15) is 28.9 Å². The van der Waals surface area contributed by atoms with Gasteiger partial charge in [-0.1, -0.05) is 30.2 Å². The molecule has 0 saturated heterocycles. The topological polar surface area (TPSA) is 41.6 Å². The Labute approximate surface area is 136 Å². The zero-order valence-electron chi connectivity index (χ0n) is 13.4. The summed E-state index contributed by atoms with van der Waals surface area (Å²) in [6.07, 6.45) is 3.40. The van der Waals surface area contributed by atoms with Crippen LogP contribution >= 0.6 is 0 Å². The van der Waals surface area contributed by atoms with Gasteiger partial charge in [-0.3, -0.25) is 5.10 Å². The van der Waals surface area contributed by atoms with Crippen molar-refractivity contribution in [3.63, 3.8) is 0 Å². The highest BCUT2D eigenvalue weighted by molar-refractivity contribution is 5.65. The number of rotatable bonds is 3. The van der Waals surface area contributed by atoms with E-state index in [1.54, 1.807) is 6.20 Å². The van der Waals surface area contributed by atoms with Gasteiger partial charge in [0.1, 0.15) is 5.69 Å². The SMILES string of the molecule is Cc1cccc(-c2cc(CCC#Cc3ccccn3)[nH]n2)c1C. The highest BCUT2D eigenvalue weighted by Crippen LogP contribution is 2.24. The van der Waals surface area contributed by atoms with Gasteiger partial charge in [0, 0.05) is 30.3 Å². The summed E-state index contributed by atoms with van der Waals surface area (Å²) in [5.74, 6) is 6.23. The second-order valence-electron chi connectivity index (χ2n) is 5.54. The monoisotopic (exact) mass is 301 g/mol. The Bertz CT molecular complexity index is 851. The molecule has 0 spiro atoms. The fraction of sp³-hybridized carbons (Fsp3) is 0.200. The van der Waals surface area contributed by atoms with Crippen molar-refractivity contribution in [2.75, 3.05) is 0 Å². The normalized spacial score (nSPS) is 10.2. The molecule has 0 amide bonds. The summed E-state index contributed by atoms with van der Waals surface area (Å²) < 4.78 is 0. The van der Waals surface area contributed by atoms with Crippen LogP contribution in [-0.4, -0.2) is 15.2 Å². The summed E-state index contributed by atoms with van der Waals surface area (Å²) >= 11 is 0. The lowest BCUT2D eigenvalue weighted by atomic mass is 10.0. The predicted molar refractivity (Wildman–Crippen MR) is 92.9 cm³/mol. The number of aromatic nitrogens is 3. The molecule has 0 aliphatic rings. The fourth-order valence-electron chi connectivity index (χ4n) is 2.44. The van der Waals surface area contributed by atoms with Gasteiger partial charge in [-0.2, -0.15) is 5.10 Å². The Hall–Kier alpha value is -2.86. The summed E-state index contributed by atoms with van der Waals surface area (Å²) in [6, 6.07) is 14.2. The third-order valence-electron chi connectivity index (χ3n) is 3.91. The Balaban J connectivity index is 1.66. The molecule has 2 heterocycles. The van der Waals surface area contributed by atoms with Crippen molar-refractivity contribution >= 4 is 0 Å². The molecular weight excluding hydrogens is 282 g/mol. The summed E-state index contributed by atoms with van der Waals surface area (Å²) in [4.78, 5) is 4.19. The number of H-pyrrole nitrogens is 1. The average Bonchev–Trinajstić information content (AvgIpc) is 3.04. The summed E-state index contributed by atoms with van der Waals surface area (Å²) in [7, 11) is 0. The molecular formula is C20H19N3. The average molecular weight is 301 g/mol. The molecule has 3 rings (SSSR count). The van der Waals surface area contributed by atoms with E-state index in [2.05, 4.69) is 65.1 Å². The van der Waals surface area contributed by atoms with Gasteiger partial charge in [-0.25, -0.2) is 4.98 Å². The van der Waals surface area contributed by atoms with Crippen LogP contribution in [0, 0.1) is 25.7 Å². The first kappa shape index (κ1) is 15.1. The van der Waals surface area contributed by atoms with Gasteiger partial charge in [0.15, 0.2) is 0 Å². The summed E-state index contributed by atoms with van der Waals surface area (Å²) in [5, 5.41) is 7.56. The van der Waals surface area contributed by atoms with E-state index in [9.17, 15) is 0 Å². The molecule has 0 aliphatic heterocycles. The maximum absolute atomic E-state index is 4.44. The van der Waals surface area contributed by atoms with Crippen molar-refractivity contribution in [1.82, 2.24) is 15.2 Å². The molecule has 114 valence electrons. The minimum Gasteiger partial charge on any atom is -0.282 e. The van der Waals surface area contributed by atoms with Crippen molar-refractivity contribution in [2.45, 2.75) is 26.7 Å². The molecule has 0 atom stereocenters. The molecule has 0 aliphatic carbocycles. The Morgan fingerprint density at radius 3 is 2.83 bits per heavy atom. The fourth-order valence-corrected chi connectivity index (χ4v) is 2.44. The third kappa shape index (κ3) is 3.67. The first-order chi connectivity index (χ1) is 11.2. The number of aromatic amines is 1. The van der Waals surface area contributed by atoms with E-state index in [4.69, 9.17) is 0 Å². The van der Waals surface area contributed by atoms with Crippen molar-refractivity contribution in [3.8, 4) is 23.1 Å². The molecule has 3 nitrogen and oxygen atoms in total. The number of hydrogen-bond donors (Lipinski definition) is 1. The number of pyridine rings is 1. The summed E-state index contributed by atoms with van der Waals surface area (Å²) in [6.45, 7) is 4.26. The van der Waals surface area contributed by atoms with Crippen molar-refractivity contribution in [1.29, 1.82) is 0 Å². The number of hydrogen-bond acceptors (Lipinski definition) is 2. The zero-order chi connectivity index (χ0) is 16.1. The highest BCUT2D eigenvalue weighted by atomic mass is 15.1. The highest BCUT2D eigenvalue weighted by Gasteiger charge is 2.07. The Morgan fingerprint density at radius 1 is 1.09 bits per heavy atom. The van der Waals surface area contributed by atoms with Crippen LogP contribution < -0.4 is 0 Å². The van der Waals surface area contributed by atoms with Gasteiger partial charge in [0.25, 0.3) is 0 Å². The lowest BCUT2D eigenvalue weighted by molar-refractivity contribution is 0.929. The lowest BCUT2D eigenvalue weighted by Gasteiger charge is -2.04. The van der Waals surface area contributed by atoms with Gasteiger partial charge in [0.05, 0.1) is 5.69 Å². The quantitative estimate of drug-likeness (QED) is 0.741. The maximum atomic E-state index is 4.44. The minimum absolute atomic E-state index is 0.783. The van der Waals surface area contributed by atoms with Crippen LogP contribution in [0.25, 0.3) is 11.3 Å². The smallest absolute Gasteiger partial charge is 0.113 e. The zero-order valence-corrected chi connectivity index (χ0v) is 13.4. The first-order valence-corrected chi connectivity index (χ1v) is 7.75. The Morgan fingerprint density at radius 2 is 2.00 bits per heavy atom. The number of aryl methyl sites for hydroxylation is 2. The summed E-state index contributed by atoms with van der Waals surface area (Å²) in [5.41, 5.74) is 6.67. The van der Waals surface area contributed by atoms with Crippen LogP contribution in [0.5, 0.6) is 0 Å². The molecule has 2 aromatic heterocycles. The van der Waals surface area contributed by atoms with Gasteiger partial charge >= 0.3 is 0 Å².